The number of pyridine rings is 1. The summed E-state index contributed by atoms with van der Waals surface area (Å²) < 4.78 is 0. The zero-order valence-electron chi connectivity index (χ0n) is 17.1. The molecule has 0 aliphatic heterocycles. The minimum absolute atomic E-state index is 0.187. The van der Waals surface area contributed by atoms with Crippen LogP contribution in [0.4, 0.5) is 5.69 Å². The average Bonchev–Trinajstić information content (AvgIpc) is 2.85. The Labute approximate surface area is 191 Å². The van der Waals surface area contributed by atoms with Gasteiger partial charge in [0.15, 0.2) is 0 Å². The second kappa shape index (κ2) is 8.66. The Morgan fingerprint density at radius 2 is 1.50 bits per heavy atom. The molecule has 0 fully saturated rings. The van der Waals surface area contributed by atoms with Crippen LogP contribution in [0.15, 0.2) is 109 Å². The summed E-state index contributed by atoms with van der Waals surface area (Å²) in [5.74, 6) is -0.187. The third kappa shape index (κ3) is 3.98. The molecule has 5 rings (SSSR count). The van der Waals surface area contributed by atoms with E-state index in [9.17, 15) is 4.79 Å². The fourth-order valence-electron chi connectivity index (χ4n) is 3.79. The highest BCUT2D eigenvalue weighted by atomic mass is 35.5. The first-order chi connectivity index (χ1) is 15.7. The number of carbonyl (C=O) groups excluding carboxylic acids is 1. The van der Waals surface area contributed by atoms with Crippen LogP contribution in [0.2, 0.25) is 5.02 Å². The van der Waals surface area contributed by atoms with Gasteiger partial charge >= 0.3 is 0 Å². The molecule has 0 saturated heterocycles. The maximum absolute atomic E-state index is 13.0. The Morgan fingerprint density at radius 3 is 2.31 bits per heavy atom. The highest BCUT2D eigenvalue weighted by molar-refractivity contribution is 6.33. The second-order valence-electron chi connectivity index (χ2n) is 7.49. The van der Waals surface area contributed by atoms with Gasteiger partial charge in [-0.1, -0.05) is 78.3 Å². The first-order valence-electron chi connectivity index (χ1n) is 10.3. The van der Waals surface area contributed by atoms with Crippen molar-refractivity contribution < 1.29 is 4.79 Å². The first-order valence-corrected chi connectivity index (χ1v) is 10.7. The Kier molecular flexibility index (Phi) is 5.40. The number of hydrogen-bond acceptors (Lipinski definition) is 2. The summed E-state index contributed by atoms with van der Waals surface area (Å²) >= 11 is 6.49. The summed E-state index contributed by atoms with van der Waals surface area (Å²) in [6.07, 6.45) is 3.50. The molecule has 0 aliphatic rings. The van der Waals surface area contributed by atoms with E-state index in [1.165, 1.54) is 0 Å². The van der Waals surface area contributed by atoms with Crippen molar-refractivity contribution in [3.63, 3.8) is 0 Å². The summed E-state index contributed by atoms with van der Waals surface area (Å²) in [7, 11) is 0. The van der Waals surface area contributed by atoms with E-state index in [1.54, 1.807) is 24.5 Å². The lowest BCUT2D eigenvalue weighted by molar-refractivity contribution is 0.102. The molecule has 32 heavy (non-hydrogen) atoms. The lowest BCUT2D eigenvalue weighted by Crippen LogP contribution is -2.12. The van der Waals surface area contributed by atoms with E-state index in [2.05, 4.69) is 34.6 Å². The number of fused-ring (bicyclic) bond motifs is 1. The van der Waals surface area contributed by atoms with Crippen molar-refractivity contribution in [1.82, 2.24) is 4.98 Å². The molecule has 154 valence electrons. The van der Waals surface area contributed by atoms with Gasteiger partial charge in [-0.05, 0) is 47.0 Å². The molecule has 1 aromatic heterocycles. The normalized spacial score (nSPS) is 10.8. The summed E-state index contributed by atoms with van der Waals surface area (Å²) in [6.45, 7) is 0. The Hall–Kier alpha value is -3.95. The van der Waals surface area contributed by atoms with Crippen molar-refractivity contribution in [2.75, 3.05) is 5.32 Å². The maximum Gasteiger partial charge on any atom is 0.255 e. The van der Waals surface area contributed by atoms with Crippen LogP contribution in [0.25, 0.3) is 33.0 Å². The van der Waals surface area contributed by atoms with E-state index in [4.69, 9.17) is 11.6 Å². The number of halogens is 1. The molecular formula is C28H19ClN2O. The molecule has 1 N–H and O–H groups in total. The van der Waals surface area contributed by atoms with Crippen molar-refractivity contribution >= 4 is 34.0 Å². The lowest BCUT2D eigenvalue weighted by atomic mass is 9.99. The van der Waals surface area contributed by atoms with E-state index < -0.39 is 0 Å². The van der Waals surface area contributed by atoms with Crippen molar-refractivity contribution in [3.05, 3.63) is 120 Å². The minimum atomic E-state index is -0.187. The van der Waals surface area contributed by atoms with Crippen LogP contribution in [0.3, 0.4) is 0 Å². The highest BCUT2D eigenvalue weighted by Gasteiger charge is 2.12. The SMILES string of the molecule is O=C(Nc1cccc2cnccc12)c1ccc(Cl)c(-c2ccc(-c3ccccc3)cc2)c1. The number of rotatable bonds is 4. The number of aromatic nitrogens is 1. The van der Waals surface area contributed by atoms with Gasteiger partial charge in [-0.2, -0.15) is 0 Å². The van der Waals surface area contributed by atoms with Gasteiger partial charge in [0.1, 0.15) is 0 Å². The third-order valence-corrected chi connectivity index (χ3v) is 5.79. The molecule has 0 unspecified atom stereocenters. The predicted molar refractivity (Wildman–Crippen MR) is 132 cm³/mol. The van der Waals surface area contributed by atoms with E-state index in [1.807, 2.05) is 60.7 Å². The van der Waals surface area contributed by atoms with Crippen LogP contribution in [-0.4, -0.2) is 10.9 Å². The zero-order chi connectivity index (χ0) is 21.9. The summed E-state index contributed by atoms with van der Waals surface area (Å²) in [6, 6.07) is 31.4. The molecule has 1 amide bonds. The molecule has 4 heteroatoms. The molecule has 4 aromatic carbocycles. The number of carbonyl (C=O) groups is 1. The highest BCUT2D eigenvalue weighted by Crippen LogP contribution is 2.31. The average molecular weight is 435 g/mol. The molecule has 0 spiro atoms. The van der Waals surface area contributed by atoms with Crippen molar-refractivity contribution in [2.24, 2.45) is 0 Å². The Balaban J connectivity index is 1.44. The molecule has 0 radical (unpaired) electrons. The monoisotopic (exact) mass is 434 g/mol. The summed E-state index contributed by atoms with van der Waals surface area (Å²) in [5, 5.41) is 5.54. The van der Waals surface area contributed by atoms with Gasteiger partial charge in [0.2, 0.25) is 0 Å². The van der Waals surface area contributed by atoms with Gasteiger partial charge in [-0.3, -0.25) is 9.78 Å². The van der Waals surface area contributed by atoms with E-state index >= 15 is 0 Å². The number of hydrogen-bond donors (Lipinski definition) is 1. The molecule has 0 bridgehead atoms. The number of anilines is 1. The number of amides is 1. The standard InChI is InChI=1S/C28H19ClN2O/c29-26-14-13-22(28(32)31-27-8-4-7-23-18-30-16-15-24(23)27)17-25(26)21-11-9-20(10-12-21)19-5-2-1-3-6-19/h1-18H,(H,31,32). The lowest BCUT2D eigenvalue weighted by Gasteiger charge is -2.11. The first kappa shape index (κ1) is 20.0. The van der Waals surface area contributed by atoms with Gasteiger partial charge in [0.25, 0.3) is 5.91 Å². The largest absolute Gasteiger partial charge is 0.321 e. The number of nitrogens with one attached hydrogen (secondary N) is 1. The van der Waals surface area contributed by atoms with Crippen LogP contribution < -0.4 is 5.32 Å². The molecule has 3 nitrogen and oxygen atoms in total. The van der Waals surface area contributed by atoms with E-state index in [0.29, 0.717) is 10.6 Å². The molecule has 0 aliphatic carbocycles. The Morgan fingerprint density at radius 1 is 0.750 bits per heavy atom. The quantitative estimate of drug-likeness (QED) is 0.318. The van der Waals surface area contributed by atoms with Crippen LogP contribution in [0.5, 0.6) is 0 Å². The van der Waals surface area contributed by atoms with Crippen molar-refractivity contribution in [2.45, 2.75) is 0 Å². The third-order valence-electron chi connectivity index (χ3n) is 5.46. The van der Waals surface area contributed by atoms with Gasteiger partial charge in [0, 0.05) is 45.0 Å². The molecule has 1 heterocycles. The Bertz CT molecular complexity index is 1410. The van der Waals surface area contributed by atoms with E-state index in [0.717, 1.165) is 38.7 Å². The van der Waals surface area contributed by atoms with Crippen LogP contribution in [-0.2, 0) is 0 Å². The maximum atomic E-state index is 13.0. The fourth-order valence-corrected chi connectivity index (χ4v) is 4.01. The molecule has 0 atom stereocenters. The zero-order valence-corrected chi connectivity index (χ0v) is 17.9. The molecule has 0 saturated carbocycles. The van der Waals surface area contributed by atoms with E-state index in [-0.39, 0.29) is 5.91 Å². The number of benzene rings is 4. The van der Waals surface area contributed by atoms with Crippen LogP contribution in [0, 0.1) is 0 Å². The smallest absolute Gasteiger partial charge is 0.255 e. The molecular weight excluding hydrogens is 416 g/mol. The topological polar surface area (TPSA) is 42.0 Å². The van der Waals surface area contributed by atoms with Crippen molar-refractivity contribution in [3.8, 4) is 22.3 Å². The molecule has 5 aromatic rings. The van der Waals surface area contributed by atoms with Gasteiger partial charge in [-0.15, -0.1) is 0 Å². The number of nitrogens with zero attached hydrogens (tertiary/aromatic N) is 1. The summed E-state index contributed by atoms with van der Waals surface area (Å²) in [5.41, 5.74) is 5.36. The van der Waals surface area contributed by atoms with Crippen molar-refractivity contribution in [1.29, 1.82) is 0 Å². The van der Waals surface area contributed by atoms with Gasteiger partial charge in [0.05, 0.1) is 0 Å². The van der Waals surface area contributed by atoms with Gasteiger partial charge < -0.3 is 5.32 Å². The minimum Gasteiger partial charge on any atom is -0.321 e. The van der Waals surface area contributed by atoms with Crippen LogP contribution in [0.1, 0.15) is 10.4 Å². The van der Waals surface area contributed by atoms with Gasteiger partial charge in [-0.25, -0.2) is 0 Å². The second-order valence-corrected chi connectivity index (χ2v) is 7.90. The fraction of sp³-hybridized carbons (Fsp3) is 0. The predicted octanol–water partition coefficient (Wildman–Crippen LogP) is 7.47. The summed E-state index contributed by atoms with van der Waals surface area (Å²) in [4.78, 5) is 17.2. The van der Waals surface area contributed by atoms with Crippen LogP contribution >= 0.6 is 11.6 Å².